The molecular formula is C16H17N3O2S. The van der Waals surface area contributed by atoms with Gasteiger partial charge >= 0.3 is 0 Å². The molecule has 0 aliphatic carbocycles. The summed E-state index contributed by atoms with van der Waals surface area (Å²) in [6.45, 7) is 3.16. The number of pyridine rings is 1. The number of aryl methyl sites for hydroxylation is 1. The Balaban J connectivity index is 1.68. The molecule has 3 rings (SSSR count). The van der Waals surface area contributed by atoms with Crippen LogP contribution in [0.4, 0.5) is 4.79 Å². The van der Waals surface area contributed by atoms with Crippen LogP contribution in [0.1, 0.15) is 11.3 Å². The molecular weight excluding hydrogens is 298 g/mol. The van der Waals surface area contributed by atoms with Crippen molar-refractivity contribution in [3.8, 4) is 0 Å². The van der Waals surface area contributed by atoms with Gasteiger partial charge in [0, 0.05) is 29.9 Å². The van der Waals surface area contributed by atoms with E-state index in [1.807, 2.05) is 37.3 Å². The number of thioether (sulfide) groups is 1. The monoisotopic (exact) mass is 315 g/mol. The molecule has 2 heterocycles. The fourth-order valence-corrected chi connectivity index (χ4v) is 3.36. The Bertz CT molecular complexity index is 732. The Morgan fingerprint density at radius 3 is 3.00 bits per heavy atom. The molecule has 1 saturated heterocycles. The third-order valence-corrected chi connectivity index (χ3v) is 4.48. The highest BCUT2D eigenvalue weighted by Gasteiger charge is 2.23. The summed E-state index contributed by atoms with van der Waals surface area (Å²) in [5, 5.41) is 3.93. The average Bonchev–Trinajstić information content (AvgIpc) is 2.90. The topological polar surface area (TPSA) is 62.3 Å². The lowest BCUT2D eigenvalue weighted by atomic mass is 10.1. The van der Waals surface area contributed by atoms with Gasteiger partial charge in [-0.25, -0.2) is 0 Å². The number of carbonyl (C=O) groups excluding carboxylic acids is 2. The van der Waals surface area contributed by atoms with E-state index in [1.54, 1.807) is 4.90 Å². The third kappa shape index (κ3) is 3.22. The number of fused-ring (bicyclic) bond motifs is 1. The van der Waals surface area contributed by atoms with Crippen LogP contribution in [0.5, 0.6) is 0 Å². The minimum absolute atomic E-state index is 0.0136. The lowest BCUT2D eigenvalue weighted by Crippen LogP contribution is -2.37. The van der Waals surface area contributed by atoms with Crippen LogP contribution in [0.25, 0.3) is 10.9 Å². The van der Waals surface area contributed by atoms with Crippen LogP contribution in [-0.2, 0) is 11.3 Å². The number of para-hydroxylation sites is 1. The second kappa shape index (κ2) is 6.36. The molecule has 1 aromatic carbocycles. The van der Waals surface area contributed by atoms with Gasteiger partial charge in [0.05, 0.1) is 5.52 Å². The number of aromatic nitrogens is 1. The lowest BCUT2D eigenvalue weighted by molar-refractivity contribution is -0.121. The van der Waals surface area contributed by atoms with Crippen molar-refractivity contribution >= 4 is 33.8 Å². The fourth-order valence-electron chi connectivity index (χ4n) is 2.53. The Hall–Kier alpha value is -2.08. The molecule has 0 spiro atoms. The highest BCUT2D eigenvalue weighted by Crippen LogP contribution is 2.18. The first kappa shape index (κ1) is 14.8. The Kier molecular flexibility index (Phi) is 4.29. The molecule has 2 aromatic rings. The molecule has 0 unspecified atom stereocenters. The predicted octanol–water partition coefficient (Wildman–Crippen LogP) is 2.33. The Morgan fingerprint density at radius 2 is 2.23 bits per heavy atom. The number of benzene rings is 1. The molecule has 1 N–H and O–H groups in total. The number of hydrogen-bond acceptors (Lipinski definition) is 4. The Morgan fingerprint density at radius 1 is 1.41 bits per heavy atom. The minimum Gasteiger partial charge on any atom is -0.350 e. The van der Waals surface area contributed by atoms with Crippen molar-refractivity contribution in [3.63, 3.8) is 0 Å². The van der Waals surface area contributed by atoms with E-state index in [9.17, 15) is 9.59 Å². The van der Waals surface area contributed by atoms with Crippen molar-refractivity contribution in [3.05, 3.63) is 41.6 Å². The molecule has 2 amide bonds. The summed E-state index contributed by atoms with van der Waals surface area (Å²) in [5.41, 5.74) is 2.89. The summed E-state index contributed by atoms with van der Waals surface area (Å²) in [7, 11) is 0. The van der Waals surface area contributed by atoms with Gasteiger partial charge in [-0.3, -0.25) is 14.6 Å². The zero-order valence-corrected chi connectivity index (χ0v) is 13.2. The SMILES string of the molecule is Cc1cc(CNC(=O)CN2CCSC2=O)c2ccccc2n1. The molecule has 1 fully saturated rings. The van der Waals surface area contributed by atoms with Gasteiger partial charge < -0.3 is 10.2 Å². The molecule has 6 heteroatoms. The summed E-state index contributed by atoms with van der Waals surface area (Å²) in [6.07, 6.45) is 0. The second-order valence-corrected chi connectivity index (χ2v) is 6.30. The maximum atomic E-state index is 12.0. The van der Waals surface area contributed by atoms with Gasteiger partial charge in [-0.1, -0.05) is 30.0 Å². The highest BCUT2D eigenvalue weighted by atomic mass is 32.2. The van der Waals surface area contributed by atoms with Gasteiger partial charge in [-0.05, 0) is 24.6 Å². The maximum absolute atomic E-state index is 12.0. The van der Waals surface area contributed by atoms with E-state index in [2.05, 4.69) is 10.3 Å². The molecule has 1 aliphatic rings. The quantitative estimate of drug-likeness (QED) is 0.940. The van der Waals surface area contributed by atoms with E-state index in [0.29, 0.717) is 13.1 Å². The highest BCUT2D eigenvalue weighted by molar-refractivity contribution is 8.13. The van der Waals surface area contributed by atoms with Gasteiger partial charge in [0.25, 0.3) is 5.24 Å². The summed E-state index contributed by atoms with van der Waals surface area (Å²) < 4.78 is 0. The maximum Gasteiger partial charge on any atom is 0.282 e. The lowest BCUT2D eigenvalue weighted by Gasteiger charge is -2.14. The van der Waals surface area contributed by atoms with Crippen LogP contribution in [0.2, 0.25) is 0 Å². The molecule has 0 atom stereocenters. The van der Waals surface area contributed by atoms with Gasteiger partial charge in [-0.15, -0.1) is 0 Å². The normalized spacial score (nSPS) is 14.6. The number of amides is 2. The number of nitrogens with zero attached hydrogens (tertiary/aromatic N) is 2. The molecule has 0 radical (unpaired) electrons. The van der Waals surface area contributed by atoms with Crippen molar-refractivity contribution < 1.29 is 9.59 Å². The number of carbonyl (C=O) groups is 2. The minimum atomic E-state index is -0.130. The van der Waals surface area contributed by atoms with Crippen molar-refractivity contribution in [1.29, 1.82) is 0 Å². The standard InChI is InChI=1S/C16H17N3O2S/c1-11-8-12(13-4-2-3-5-14(13)18-11)9-17-15(20)10-19-6-7-22-16(19)21/h2-5,8H,6-7,9-10H2,1H3,(H,17,20). The van der Waals surface area contributed by atoms with Crippen LogP contribution >= 0.6 is 11.8 Å². The largest absolute Gasteiger partial charge is 0.350 e. The third-order valence-electron chi connectivity index (χ3n) is 3.59. The molecule has 1 aliphatic heterocycles. The van der Waals surface area contributed by atoms with E-state index in [0.717, 1.165) is 27.9 Å². The van der Waals surface area contributed by atoms with Crippen LogP contribution in [0, 0.1) is 6.92 Å². The molecule has 114 valence electrons. The van der Waals surface area contributed by atoms with Gasteiger partial charge in [0.1, 0.15) is 6.54 Å². The molecule has 0 saturated carbocycles. The molecule has 0 bridgehead atoms. The first-order valence-corrected chi connectivity index (χ1v) is 8.16. The van der Waals surface area contributed by atoms with E-state index >= 15 is 0 Å². The zero-order chi connectivity index (χ0) is 15.5. The van der Waals surface area contributed by atoms with Crippen molar-refractivity contribution in [2.75, 3.05) is 18.8 Å². The predicted molar refractivity (Wildman–Crippen MR) is 87.8 cm³/mol. The first-order valence-electron chi connectivity index (χ1n) is 7.17. The van der Waals surface area contributed by atoms with E-state index in [1.165, 1.54) is 11.8 Å². The van der Waals surface area contributed by atoms with Crippen LogP contribution < -0.4 is 5.32 Å². The van der Waals surface area contributed by atoms with Crippen LogP contribution in [-0.4, -0.2) is 39.9 Å². The number of rotatable bonds is 4. The van der Waals surface area contributed by atoms with Gasteiger partial charge in [-0.2, -0.15) is 0 Å². The van der Waals surface area contributed by atoms with Crippen molar-refractivity contribution in [2.45, 2.75) is 13.5 Å². The zero-order valence-electron chi connectivity index (χ0n) is 12.3. The van der Waals surface area contributed by atoms with E-state index < -0.39 is 0 Å². The fraction of sp³-hybridized carbons (Fsp3) is 0.312. The van der Waals surface area contributed by atoms with E-state index in [-0.39, 0.29) is 17.7 Å². The molecule has 5 nitrogen and oxygen atoms in total. The van der Waals surface area contributed by atoms with Crippen LogP contribution in [0.3, 0.4) is 0 Å². The second-order valence-electron chi connectivity index (χ2n) is 5.25. The first-order chi connectivity index (χ1) is 10.6. The Labute approximate surface area is 133 Å². The van der Waals surface area contributed by atoms with Crippen molar-refractivity contribution in [2.24, 2.45) is 0 Å². The van der Waals surface area contributed by atoms with Gasteiger partial charge in [0.15, 0.2) is 0 Å². The van der Waals surface area contributed by atoms with E-state index in [4.69, 9.17) is 0 Å². The summed E-state index contributed by atoms with van der Waals surface area (Å²) in [5.74, 6) is 0.634. The smallest absolute Gasteiger partial charge is 0.282 e. The van der Waals surface area contributed by atoms with Crippen LogP contribution in [0.15, 0.2) is 30.3 Å². The molecule has 22 heavy (non-hydrogen) atoms. The van der Waals surface area contributed by atoms with Crippen molar-refractivity contribution in [1.82, 2.24) is 15.2 Å². The summed E-state index contributed by atoms with van der Waals surface area (Å²) in [6, 6.07) is 9.87. The average molecular weight is 315 g/mol. The summed E-state index contributed by atoms with van der Waals surface area (Å²) >= 11 is 1.26. The molecule has 1 aromatic heterocycles. The summed E-state index contributed by atoms with van der Waals surface area (Å²) in [4.78, 5) is 29.6. The number of nitrogens with one attached hydrogen (secondary N) is 1. The van der Waals surface area contributed by atoms with Gasteiger partial charge in [0.2, 0.25) is 5.91 Å². The number of hydrogen-bond donors (Lipinski definition) is 1.